The highest BCUT2D eigenvalue weighted by Crippen LogP contribution is 2.35. The summed E-state index contributed by atoms with van der Waals surface area (Å²) < 4.78 is 29.9. The van der Waals surface area contributed by atoms with Crippen molar-refractivity contribution < 1.29 is 8.42 Å². The molecule has 0 amide bonds. The van der Waals surface area contributed by atoms with Gasteiger partial charge in [0.25, 0.3) is 0 Å². The summed E-state index contributed by atoms with van der Waals surface area (Å²) in [6.45, 7) is 0.626. The average molecular weight is 392 g/mol. The average Bonchev–Trinajstić information content (AvgIpc) is 3.44. The van der Waals surface area contributed by atoms with E-state index < -0.39 is 10.0 Å². The van der Waals surface area contributed by atoms with Crippen LogP contribution in [0.4, 0.5) is 0 Å². The molecule has 0 saturated heterocycles. The van der Waals surface area contributed by atoms with Gasteiger partial charge in [-0.15, -0.1) is 0 Å². The van der Waals surface area contributed by atoms with Gasteiger partial charge in [0.1, 0.15) is 0 Å². The molecule has 2 heterocycles. The number of nitriles is 1. The maximum atomic E-state index is 12.4. The van der Waals surface area contributed by atoms with E-state index in [-0.39, 0.29) is 11.3 Å². The Bertz CT molecular complexity index is 1200. The number of fused-ring (bicyclic) bond motifs is 3. The maximum absolute atomic E-state index is 12.4. The molecule has 0 bridgehead atoms. The van der Waals surface area contributed by atoms with Crippen LogP contribution in [0.2, 0.25) is 0 Å². The molecule has 1 aromatic carbocycles. The second-order valence-corrected chi connectivity index (χ2v) is 9.64. The Morgan fingerprint density at radius 2 is 2.07 bits per heavy atom. The van der Waals surface area contributed by atoms with Crippen LogP contribution >= 0.6 is 0 Å². The first-order valence-corrected chi connectivity index (χ1v) is 11.0. The van der Waals surface area contributed by atoms with E-state index in [2.05, 4.69) is 20.3 Å². The predicted molar refractivity (Wildman–Crippen MR) is 106 cm³/mol. The number of rotatable bonds is 5. The molecule has 2 aromatic heterocycles. The Balaban J connectivity index is 1.55. The zero-order valence-electron chi connectivity index (χ0n) is 15.3. The van der Waals surface area contributed by atoms with E-state index in [0.717, 1.165) is 40.7 Å². The molecule has 1 saturated carbocycles. The van der Waals surface area contributed by atoms with Crippen molar-refractivity contribution in [3.05, 3.63) is 65.1 Å². The number of pyridine rings is 1. The number of aromatic nitrogens is 2. The van der Waals surface area contributed by atoms with Crippen LogP contribution in [-0.2, 0) is 29.4 Å². The second-order valence-electron chi connectivity index (χ2n) is 7.64. The third-order valence-electron chi connectivity index (χ3n) is 5.65. The zero-order valence-corrected chi connectivity index (χ0v) is 16.1. The second kappa shape index (κ2) is 6.43. The van der Waals surface area contributed by atoms with Gasteiger partial charge in [-0.05, 0) is 55.2 Å². The summed E-state index contributed by atoms with van der Waals surface area (Å²) in [7, 11) is -3.23. The van der Waals surface area contributed by atoms with Crippen molar-refractivity contribution in [3.63, 3.8) is 0 Å². The quantitative estimate of drug-likeness (QED) is 0.723. The highest BCUT2D eigenvalue weighted by Gasteiger charge is 2.39. The van der Waals surface area contributed by atoms with Gasteiger partial charge in [-0.1, -0.05) is 6.07 Å². The number of hydrogen-bond acceptors (Lipinski definition) is 4. The zero-order chi connectivity index (χ0) is 19.3. The smallest absolute Gasteiger partial charge is 0.214 e. The van der Waals surface area contributed by atoms with E-state index in [1.165, 1.54) is 0 Å². The molecule has 5 rings (SSSR count). The van der Waals surface area contributed by atoms with Crippen molar-refractivity contribution in [2.45, 2.75) is 43.5 Å². The van der Waals surface area contributed by atoms with Gasteiger partial charge < -0.3 is 4.57 Å². The summed E-state index contributed by atoms with van der Waals surface area (Å²) in [6, 6.07) is 13.7. The molecule has 2 aliphatic rings. The topological polar surface area (TPSA) is 87.8 Å². The van der Waals surface area contributed by atoms with Gasteiger partial charge in [-0.25, -0.2) is 13.1 Å². The van der Waals surface area contributed by atoms with Gasteiger partial charge in [0.05, 0.1) is 29.1 Å². The summed E-state index contributed by atoms with van der Waals surface area (Å²) >= 11 is 0. The molecule has 7 heteroatoms. The van der Waals surface area contributed by atoms with Gasteiger partial charge in [-0.3, -0.25) is 4.98 Å². The number of benzene rings is 1. The number of nitrogens with zero attached hydrogens (tertiary/aromatic N) is 3. The van der Waals surface area contributed by atoms with E-state index in [0.29, 0.717) is 24.9 Å². The van der Waals surface area contributed by atoms with Crippen LogP contribution in [0.3, 0.4) is 0 Å². The molecule has 0 aliphatic heterocycles. The van der Waals surface area contributed by atoms with Crippen LogP contribution in [0, 0.1) is 11.3 Å². The highest BCUT2D eigenvalue weighted by molar-refractivity contribution is 7.90. The molecule has 28 heavy (non-hydrogen) atoms. The lowest BCUT2D eigenvalue weighted by atomic mass is 10.1. The van der Waals surface area contributed by atoms with Crippen molar-refractivity contribution in [2.75, 3.05) is 0 Å². The Hall–Kier alpha value is -2.69. The fraction of sp³-hybridized carbons (Fsp3) is 0.333. The largest absolute Gasteiger partial charge is 0.338 e. The molecule has 0 radical (unpaired) electrons. The summed E-state index contributed by atoms with van der Waals surface area (Å²) in [5, 5.41) is 10.1. The van der Waals surface area contributed by atoms with Crippen molar-refractivity contribution in [1.82, 2.24) is 14.3 Å². The van der Waals surface area contributed by atoms with Gasteiger partial charge >= 0.3 is 0 Å². The molecule has 1 atom stereocenters. The summed E-state index contributed by atoms with van der Waals surface area (Å²) in [6.07, 6.45) is 4.61. The first-order chi connectivity index (χ1) is 13.5. The van der Waals surface area contributed by atoms with Crippen LogP contribution in [0.15, 0.2) is 42.6 Å². The Kier molecular flexibility index (Phi) is 4.00. The minimum absolute atomic E-state index is 0.124. The first-order valence-electron chi connectivity index (χ1n) is 9.50. The third-order valence-corrected chi connectivity index (χ3v) is 7.66. The first kappa shape index (κ1) is 17.4. The number of nitrogens with one attached hydrogen (secondary N) is 1. The monoisotopic (exact) mass is 392 g/mol. The van der Waals surface area contributed by atoms with E-state index in [1.807, 2.05) is 36.4 Å². The minimum atomic E-state index is -3.23. The van der Waals surface area contributed by atoms with E-state index in [9.17, 15) is 13.7 Å². The van der Waals surface area contributed by atoms with E-state index in [4.69, 9.17) is 0 Å². The maximum Gasteiger partial charge on any atom is 0.214 e. The summed E-state index contributed by atoms with van der Waals surface area (Å²) in [5.41, 5.74) is 4.92. The Morgan fingerprint density at radius 3 is 2.79 bits per heavy atom. The predicted octanol–water partition coefficient (Wildman–Crippen LogP) is 2.51. The molecule has 2 aliphatic carbocycles. The van der Waals surface area contributed by atoms with E-state index in [1.54, 1.807) is 6.20 Å². The SMILES string of the molecule is N#Cc1ccc2c(c1)c1c(n2Cc2ccccn2)CC(NS(=O)(=O)C2CC2)C1. The lowest BCUT2D eigenvalue weighted by molar-refractivity contribution is 0.551. The third kappa shape index (κ3) is 2.99. The molecule has 1 unspecified atom stereocenters. The van der Waals surface area contributed by atoms with Crippen LogP contribution in [0.5, 0.6) is 0 Å². The van der Waals surface area contributed by atoms with Crippen LogP contribution < -0.4 is 4.72 Å². The normalized spacial score (nSPS) is 18.9. The highest BCUT2D eigenvalue weighted by atomic mass is 32.2. The van der Waals surface area contributed by atoms with Gasteiger partial charge in [-0.2, -0.15) is 5.26 Å². The van der Waals surface area contributed by atoms with Crippen LogP contribution in [0.1, 0.15) is 35.4 Å². The van der Waals surface area contributed by atoms with Crippen molar-refractivity contribution in [3.8, 4) is 6.07 Å². The van der Waals surface area contributed by atoms with Crippen molar-refractivity contribution >= 4 is 20.9 Å². The molecular weight excluding hydrogens is 372 g/mol. The van der Waals surface area contributed by atoms with Crippen LogP contribution in [0.25, 0.3) is 10.9 Å². The Morgan fingerprint density at radius 1 is 1.21 bits per heavy atom. The van der Waals surface area contributed by atoms with Crippen LogP contribution in [-0.4, -0.2) is 29.3 Å². The van der Waals surface area contributed by atoms with Gasteiger partial charge in [0.2, 0.25) is 10.0 Å². The minimum Gasteiger partial charge on any atom is -0.338 e. The fourth-order valence-electron chi connectivity index (χ4n) is 4.18. The molecule has 0 spiro atoms. The van der Waals surface area contributed by atoms with Gasteiger partial charge in [0.15, 0.2) is 0 Å². The van der Waals surface area contributed by atoms with E-state index >= 15 is 0 Å². The number of sulfonamides is 1. The molecule has 142 valence electrons. The molecule has 1 N–H and O–H groups in total. The standard InChI is InChI=1S/C21H20N4O2S/c22-12-14-4-7-20-18(9-14)19-10-16(24-28(26,27)17-5-6-17)11-21(19)25(20)13-15-3-1-2-8-23-15/h1-4,7-9,16-17,24H,5-6,10-11,13H2. The van der Waals surface area contributed by atoms with Crippen molar-refractivity contribution in [1.29, 1.82) is 5.26 Å². The van der Waals surface area contributed by atoms with Crippen molar-refractivity contribution in [2.24, 2.45) is 0 Å². The fourth-order valence-corrected chi connectivity index (χ4v) is 5.76. The molecule has 6 nitrogen and oxygen atoms in total. The number of hydrogen-bond donors (Lipinski definition) is 1. The molecule has 1 fully saturated rings. The Labute approximate surface area is 163 Å². The summed E-state index contributed by atoms with van der Waals surface area (Å²) in [5.74, 6) is 0. The summed E-state index contributed by atoms with van der Waals surface area (Å²) in [4.78, 5) is 4.44. The lowest BCUT2D eigenvalue weighted by Crippen LogP contribution is -2.37. The lowest BCUT2D eigenvalue weighted by Gasteiger charge is -2.14. The molecule has 3 aromatic rings. The molecular formula is C21H20N4O2S. The van der Waals surface area contributed by atoms with Gasteiger partial charge in [0, 0.05) is 35.3 Å².